The van der Waals surface area contributed by atoms with E-state index in [2.05, 4.69) is 35.5 Å². The van der Waals surface area contributed by atoms with Gasteiger partial charge in [-0.3, -0.25) is 4.90 Å². The van der Waals surface area contributed by atoms with Crippen molar-refractivity contribution in [1.82, 2.24) is 10.2 Å². The van der Waals surface area contributed by atoms with E-state index in [1.54, 1.807) is 10.4 Å². The molecule has 16 heavy (non-hydrogen) atoms. The number of thiophene rings is 1. The van der Waals surface area contributed by atoms with E-state index in [1.807, 2.05) is 18.4 Å². The first-order valence-electron chi connectivity index (χ1n) is 6.24. The number of fused-ring (bicyclic) bond motifs is 1. The predicted octanol–water partition coefficient (Wildman–Crippen LogP) is 2.67. The van der Waals surface area contributed by atoms with Crippen LogP contribution in [0.15, 0.2) is 11.4 Å². The molecule has 1 aromatic rings. The van der Waals surface area contributed by atoms with Crippen molar-refractivity contribution in [3.63, 3.8) is 0 Å². The number of nitrogens with one attached hydrogen (secondary N) is 1. The fraction of sp³-hybridized carbons (Fsp3) is 0.692. The van der Waals surface area contributed by atoms with Crippen molar-refractivity contribution >= 4 is 11.3 Å². The Hall–Kier alpha value is -0.380. The molecule has 1 aliphatic rings. The summed E-state index contributed by atoms with van der Waals surface area (Å²) in [6, 6.07) is 3.57. The van der Waals surface area contributed by atoms with Crippen LogP contribution in [0.1, 0.15) is 36.8 Å². The van der Waals surface area contributed by atoms with Crippen LogP contribution >= 0.6 is 11.3 Å². The monoisotopic (exact) mass is 238 g/mol. The third-order valence-electron chi connectivity index (χ3n) is 3.70. The molecule has 0 aromatic carbocycles. The molecule has 0 radical (unpaired) electrons. The molecule has 0 bridgehead atoms. The lowest BCUT2D eigenvalue weighted by molar-refractivity contribution is 0.130. The quantitative estimate of drug-likeness (QED) is 0.867. The number of rotatable bonds is 4. The largest absolute Gasteiger partial charge is 0.318 e. The van der Waals surface area contributed by atoms with Crippen molar-refractivity contribution in [2.75, 3.05) is 20.1 Å². The van der Waals surface area contributed by atoms with Gasteiger partial charge in [-0.25, -0.2) is 0 Å². The van der Waals surface area contributed by atoms with Crippen molar-refractivity contribution in [3.05, 3.63) is 21.9 Å². The third-order valence-corrected chi connectivity index (χ3v) is 4.70. The Labute approximate surface area is 103 Å². The van der Waals surface area contributed by atoms with Gasteiger partial charge in [-0.2, -0.15) is 0 Å². The minimum absolute atomic E-state index is 0.591. The average molecular weight is 238 g/mol. The van der Waals surface area contributed by atoms with Crippen molar-refractivity contribution in [2.24, 2.45) is 0 Å². The Morgan fingerprint density at radius 3 is 3.12 bits per heavy atom. The Morgan fingerprint density at radius 2 is 2.44 bits per heavy atom. The highest BCUT2D eigenvalue weighted by Crippen LogP contribution is 2.34. The lowest BCUT2D eigenvalue weighted by Gasteiger charge is -2.39. The van der Waals surface area contributed by atoms with E-state index in [9.17, 15) is 0 Å². The normalized spacial score (nSPS) is 23.1. The summed E-state index contributed by atoms with van der Waals surface area (Å²) in [5.41, 5.74) is 1.56. The smallest absolute Gasteiger partial charge is 0.0334 e. The van der Waals surface area contributed by atoms with Gasteiger partial charge in [0.05, 0.1) is 0 Å². The highest BCUT2D eigenvalue weighted by Gasteiger charge is 2.28. The summed E-state index contributed by atoms with van der Waals surface area (Å²) in [5, 5.41) is 5.56. The summed E-state index contributed by atoms with van der Waals surface area (Å²) < 4.78 is 0. The van der Waals surface area contributed by atoms with Crippen LogP contribution in [0.2, 0.25) is 0 Å². The molecule has 3 heteroatoms. The van der Waals surface area contributed by atoms with Gasteiger partial charge in [0.2, 0.25) is 0 Å². The fourth-order valence-electron chi connectivity index (χ4n) is 2.76. The van der Waals surface area contributed by atoms with Crippen LogP contribution in [0.25, 0.3) is 0 Å². The Kier molecular flexibility index (Phi) is 4.00. The zero-order chi connectivity index (χ0) is 11.5. The summed E-state index contributed by atoms with van der Waals surface area (Å²) in [5.74, 6) is 0. The molecule has 1 aromatic heterocycles. The van der Waals surface area contributed by atoms with Crippen LogP contribution in [0.5, 0.6) is 0 Å². The van der Waals surface area contributed by atoms with E-state index in [0.717, 1.165) is 6.54 Å². The molecule has 2 unspecified atom stereocenters. The van der Waals surface area contributed by atoms with Crippen molar-refractivity contribution in [2.45, 2.75) is 38.8 Å². The van der Waals surface area contributed by atoms with E-state index in [4.69, 9.17) is 0 Å². The van der Waals surface area contributed by atoms with Gasteiger partial charge in [-0.1, -0.05) is 6.92 Å². The molecule has 2 nitrogen and oxygen atoms in total. The van der Waals surface area contributed by atoms with Crippen molar-refractivity contribution in [1.29, 1.82) is 0 Å². The minimum Gasteiger partial charge on any atom is -0.318 e. The zero-order valence-corrected chi connectivity index (χ0v) is 11.3. The molecule has 1 N–H and O–H groups in total. The van der Waals surface area contributed by atoms with Gasteiger partial charge in [-0.05, 0) is 43.8 Å². The molecular formula is C13H22N2S. The van der Waals surface area contributed by atoms with E-state index in [-0.39, 0.29) is 0 Å². The van der Waals surface area contributed by atoms with Gasteiger partial charge in [0.25, 0.3) is 0 Å². The molecule has 0 amide bonds. The summed E-state index contributed by atoms with van der Waals surface area (Å²) in [7, 11) is 2.05. The minimum atomic E-state index is 0.591. The molecular weight excluding hydrogens is 216 g/mol. The number of nitrogens with zero attached hydrogens (tertiary/aromatic N) is 1. The van der Waals surface area contributed by atoms with Crippen molar-refractivity contribution < 1.29 is 0 Å². The van der Waals surface area contributed by atoms with E-state index < -0.39 is 0 Å². The molecule has 2 atom stereocenters. The van der Waals surface area contributed by atoms with Gasteiger partial charge < -0.3 is 5.32 Å². The summed E-state index contributed by atoms with van der Waals surface area (Å²) in [4.78, 5) is 4.26. The van der Waals surface area contributed by atoms with Crippen LogP contribution in [-0.2, 0) is 6.42 Å². The van der Waals surface area contributed by atoms with E-state index in [1.165, 1.54) is 19.4 Å². The Morgan fingerprint density at radius 1 is 1.62 bits per heavy atom. The van der Waals surface area contributed by atoms with Gasteiger partial charge in [-0.15, -0.1) is 11.3 Å². The molecule has 1 aliphatic heterocycles. The molecule has 0 saturated heterocycles. The highest BCUT2D eigenvalue weighted by molar-refractivity contribution is 7.10. The summed E-state index contributed by atoms with van der Waals surface area (Å²) in [6.45, 7) is 6.95. The second-order valence-electron chi connectivity index (χ2n) is 4.58. The van der Waals surface area contributed by atoms with Crippen LogP contribution < -0.4 is 5.32 Å². The van der Waals surface area contributed by atoms with Gasteiger partial charge in [0.1, 0.15) is 0 Å². The maximum Gasteiger partial charge on any atom is 0.0334 e. The summed E-state index contributed by atoms with van der Waals surface area (Å²) >= 11 is 1.92. The molecule has 0 fully saturated rings. The van der Waals surface area contributed by atoms with Crippen LogP contribution in [0, 0.1) is 0 Å². The predicted molar refractivity (Wildman–Crippen MR) is 71.1 cm³/mol. The van der Waals surface area contributed by atoms with Gasteiger partial charge >= 0.3 is 0 Å². The second-order valence-corrected chi connectivity index (χ2v) is 5.58. The average Bonchev–Trinajstić information content (AvgIpc) is 2.76. The maximum absolute atomic E-state index is 3.32. The second kappa shape index (κ2) is 5.30. The Balaban J connectivity index is 2.13. The Bertz CT molecular complexity index is 334. The third kappa shape index (κ3) is 2.17. The van der Waals surface area contributed by atoms with Crippen molar-refractivity contribution in [3.8, 4) is 0 Å². The molecule has 2 rings (SSSR count). The number of hydrogen-bond acceptors (Lipinski definition) is 3. The standard InChI is InChI=1S/C13H22N2S/c1-4-11(9-14-3)15-7-5-13-12(10(15)2)6-8-16-13/h6,8,10-11,14H,4-5,7,9H2,1-3H3. The lowest BCUT2D eigenvalue weighted by atomic mass is 9.98. The fourth-order valence-corrected chi connectivity index (χ4v) is 3.72. The lowest BCUT2D eigenvalue weighted by Crippen LogP contribution is -2.45. The van der Waals surface area contributed by atoms with Crippen LogP contribution in [0.3, 0.4) is 0 Å². The molecule has 90 valence electrons. The summed E-state index contributed by atoms with van der Waals surface area (Å²) in [6.07, 6.45) is 2.46. The first-order chi connectivity index (χ1) is 7.77. The van der Waals surface area contributed by atoms with Crippen LogP contribution in [0.4, 0.5) is 0 Å². The zero-order valence-electron chi connectivity index (χ0n) is 10.5. The van der Waals surface area contributed by atoms with E-state index >= 15 is 0 Å². The number of likely N-dealkylation sites (N-methyl/N-ethyl adjacent to an activating group) is 1. The topological polar surface area (TPSA) is 15.3 Å². The molecule has 0 aliphatic carbocycles. The van der Waals surface area contributed by atoms with Gasteiger partial charge in [0.15, 0.2) is 0 Å². The molecule has 0 saturated carbocycles. The SMILES string of the molecule is CCC(CNC)N1CCc2sccc2C1C. The van der Waals surface area contributed by atoms with Crippen LogP contribution in [-0.4, -0.2) is 31.1 Å². The molecule has 2 heterocycles. The maximum atomic E-state index is 3.32. The van der Waals surface area contributed by atoms with E-state index in [0.29, 0.717) is 12.1 Å². The first kappa shape index (κ1) is 12.1. The first-order valence-corrected chi connectivity index (χ1v) is 7.12. The highest BCUT2D eigenvalue weighted by atomic mass is 32.1. The van der Waals surface area contributed by atoms with Gasteiger partial charge in [0, 0.05) is 30.1 Å². The molecule has 0 spiro atoms. The number of hydrogen-bond donors (Lipinski definition) is 1.